The Bertz CT molecular complexity index is 948. The monoisotopic (exact) mass is 350 g/mol. The number of imidazole rings is 1. The average Bonchev–Trinajstić information content (AvgIpc) is 2.93. The van der Waals surface area contributed by atoms with Crippen molar-refractivity contribution in [1.82, 2.24) is 9.38 Å². The number of aromatic carboxylic acids is 1. The van der Waals surface area contributed by atoms with Gasteiger partial charge in [-0.25, -0.2) is 9.78 Å². The number of nitrogens with zero attached hydrogens (tertiary/aromatic N) is 2. The van der Waals surface area contributed by atoms with Crippen molar-refractivity contribution in [2.75, 3.05) is 6.61 Å². The molecule has 0 saturated heterocycles. The number of fused-ring (bicyclic) bond motifs is 1. The topological polar surface area (TPSA) is 63.8 Å². The molecular formula is C17H13F3N2O3. The summed E-state index contributed by atoms with van der Waals surface area (Å²) in [6.45, 7) is 2.12. The largest absolute Gasteiger partial charge is 0.493 e. The first-order valence-corrected chi connectivity index (χ1v) is 7.37. The average molecular weight is 350 g/mol. The van der Waals surface area contributed by atoms with Crippen molar-refractivity contribution in [2.24, 2.45) is 0 Å². The van der Waals surface area contributed by atoms with Gasteiger partial charge in [-0.3, -0.25) is 4.40 Å². The van der Waals surface area contributed by atoms with Crippen molar-refractivity contribution >= 4 is 11.6 Å². The molecule has 0 aliphatic heterocycles. The number of benzene rings is 1. The van der Waals surface area contributed by atoms with Crippen LogP contribution in [0.3, 0.4) is 0 Å². The van der Waals surface area contributed by atoms with Gasteiger partial charge in [0.15, 0.2) is 5.69 Å². The number of alkyl halides is 3. The number of hydrogen-bond donors (Lipinski definition) is 1. The van der Waals surface area contributed by atoms with Crippen molar-refractivity contribution < 1.29 is 27.8 Å². The van der Waals surface area contributed by atoms with E-state index in [2.05, 4.69) is 4.98 Å². The van der Waals surface area contributed by atoms with Crippen LogP contribution < -0.4 is 4.74 Å². The fourth-order valence-electron chi connectivity index (χ4n) is 2.55. The fourth-order valence-corrected chi connectivity index (χ4v) is 2.55. The normalized spacial score (nSPS) is 11.7. The molecule has 25 heavy (non-hydrogen) atoms. The Hall–Kier alpha value is -3.03. The fraction of sp³-hybridized carbons (Fsp3) is 0.176. The third-order valence-corrected chi connectivity index (χ3v) is 3.59. The quantitative estimate of drug-likeness (QED) is 0.769. The first-order valence-electron chi connectivity index (χ1n) is 7.37. The lowest BCUT2D eigenvalue weighted by molar-refractivity contribution is -0.137. The number of carbonyl (C=O) groups is 1. The molecule has 0 spiro atoms. The summed E-state index contributed by atoms with van der Waals surface area (Å²) < 4.78 is 45.2. The number of carboxylic acid groups (broad SMARTS) is 1. The molecule has 0 atom stereocenters. The van der Waals surface area contributed by atoms with Crippen molar-refractivity contribution in [3.8, 4) is 17.0 Å². The summed E-state index contributed by atoms with van der Waals surface area (Å²) in [6.07, 6.45) is -3.85. The Balaban J connectivity index is 2.30. The zero-order valence-corrected chi connectivity index (χ0v) is 13.0. The van der Waals surface area contributed by atoms with E-state index in [0.717, 1.165) is 22.7 Å². The summed E-state index contributed by atoms with van der Waals surface area (Å²) in [7, 11) is 0. The third-order valence-electron chi connectivity index (χ3n) is 3.59. The molecule has 2 aromatic heterocycles. The predicted octanol–water partition coefficient (Wildman–Crippen LogP) is 4.12. The van der Waals surface area contributed by atoms with Gasteiger partial charge in [0.1, 0.15) is 17.1 Å². The smallest absolute Gasteiger partial charge is 0.417 e. The Morgan fingerprint density at radius 1 is 1.24 bits per heavy atom. The van der Waals surface area contributed by atoms with E-state index in [-0.39, 0.29) is 17.0 Å². The van der Waals surface area contributed by atoms with Crippen molar-refractivity contribution in [2.45, 2.75) is 13.1 Å². The molecule has 8 heteroatoms. The summed E-state index contributed by atoms with van der Waals surface area (Å²) in [5, 5.41) is 9.55. The SMILES string of the molecule is CCOc1ccccc1-c1nc2ccc(C(F)(F)F)cn2c1C(=O)O. The molecule has 3 rings (SSSR count). The molecule has 0 bridgehead atoms. The molecule has 5 nitrogen and oxygen atoms in total. The molecule has 0 aliphatic rings. The molecule has 0 unspecified atom stereocenters. The van der Waals surface area contributed by atoms with Crippen LogP contribution in [0, 0.1) is 0 Å². The van der Waals surface area contributed by atoms with Crippen LogP contribution >= 0.6 is 0 Å². The minimum atomic E-state index is -4.59. The number of aromatic nitrogens is 2. The Morgan fingerprint density at radius 2 is 1.96 bits per heavy atom. The number of para-hydroxylation sites is 1. The van der Waals surface area contributed by atoms with Crippen LogP contribution in [-0.4, -0.2) is 27.1 Å². The van der Waals surface area contributed by atoms with Gasteiger partial charge < -0.3 is 9.84 Å². The molecular weight excluding hydrogens is 337 g/mol. The zero-order chi connectivity index (χ0) is 18.2. The van der Waals surface area contributed by atoms with Crippen molar-refractivity contribution in [3.63, 3.8) is 0 Å². The molecule has 3 aromatic rings. The number of halogens is 3. The molecule has 0 saturated carbocycles. The van der Waals surface area contributed by atoms with Crippen LogP contribution in [0.5, 0.6) is 5.75 Å². The lowest BCUT2D eigenvalue weighted by atomic mass is 10.1. The molecule has 130 valence electrons. The molecule has 0 radical (unpaired) electrons. The summed E-state index contributed by atoms with van der Waals surface area (Å²) in [4.78, 5) is 15.9. The number of carboxylic acids is 1. The summed E-state index contributed by atoms with van der Waals surface area (Å²) >= 11 is 0. The lowest BCUT2D eigenvalue weighted by Gasteiger charge is -2.09. The van der Waals surface area contributed by atoms with Gasteiger partial charge in [-0.15, -0.1) is 0 Å². The maximum absolute atomic E-state index is 12.9. The second-order valence-corrected chi connectivity index (χ2v) is 5.19. The second-order valence-electron chi connectivity index (χ2n) is 5.19. The summed E-state index contributed by atoms with van der Waals surface area (Å²) in [5.41, 5.74) is -0.751. The third kappa shape index (κ3) is 3.02. The Labute approximate surface area is 140 Å². The maximum atomic E-state index is 12.9. The highest BCUT2D eigenvalue weighted by molar-refractivity contribution is 5.95. The van der Waals surface area contributed by atoms with Crippen LogP contribution in [0.4, 0.5) is 13.2 Å². The van der Waals surface area contributed by atoms with Crippen LogP contribution in [0.2, 0.25) is 0 Å². The van der Waals surface area contributed by atoms with E-state index in [1.165, 1.54) is 0 Å². The van der Waals surface area contributed by atoms with E-state index in [1.54, 1.807) is 31.2 Å². The zero-order valence-electron chi connectivity index (χ0n) is 13.0. The van der Waals surface area contributed by atoms with E-state index in [4.69, 9.17) is 4.74 Å². The number of ether oxygens (including phenoxy) is 1. The van der Waals surface area contributed by atoms with Crippen LogP contribution in [-0.2, 0) is 6.18 Å². The van der Waals surface area contributed by atoms with E-state index >= 15 is 0 Å². The molecule has 1 N–H and O–H groups in total. The first-order chi connectivity index (χ1) is 11.8. The summed E-state index contributed by atoms with van der Waals surface area (Å²) in [6, 6.07) is 8.66. The van der Waals surface area contributed by atoms with Crippen LogP contribution in [0.25, 0.3) is 16.9 Å². The van der Waals surface area contributed by atoms with Crippen LogP contribution in [0.15, 0.2) is 42.6 Å². The summed E-state index contributed by atoms with van der Waals surface area (Å²) in [5.74, 6) is -0.972. The first kappa shape index (κ1) is 16.8. The van der Waals surface area contributed by atoms with Gasteiger partial charge >= 0.3 is 12.1 Å². The maximum Gasteiger partial charge on any atom is 0.417 e. The van der Waals surface area contributed by atoms with E-state index in [1.807, 2.05) is 0 Å². The van der Waals surface area contributed by atoms with Gasteiger partial charge in [0.05, 0.1) is 12.2 Å². The second kappa shape index (κ2) is 6.12. The van der Waals surface area contributed by atoms with Crippen LogP contribution in [0.1, 0.15) is 23.0 Å². The molecule has 0 fully saturated rings. The standard InChI is InChI=1S/C17H13F3N2O3/c1-2-25-12-6-4-3-5-11(12)14-15(16(23)24)22-9-10(17(18,19)20)7-8-13(22)21-14/h3-9H,2H2,1H3,(H,23,24). The van der Waals surface area contributed by atoms with Gasteiger partial charge in [-0.05, 0) is 31.2 Å². The van der Waals surface area contributed by atoms with E-state index in [9.17, 15) is 23.1 Å². The van der Waals surface area contributed by atoms with Gasteiger partial charge in [0.25, 0.3) is 0 Å². The molecule has 0 amide bonds. The van der Waals surface area contributed by atoms with Gasteiger partial charge in [-0.1, -0.05) is 12.1 Å². The van der Waals surface area contributed by atoms with Crippen molar-refractivity contribution in [1.29, 1.82) is 0 Å². The number of pyridine rings is 1. The highest BCUT2D eigenvalue weighted by Gasteiger charge is 2.32. The highest BCUT2D eigenvalue weighted by Crippen LogP contribution is 2.34. The molecule has 0 aliphatic carbocycles. The van der Waals surface area contributed by atoms with Gasteiger partial charge in [-0.2, -0.15) is 13.2 Å². The number of hydrogen-bond acceptors (Lipinski definition) is 3. The molecule has 1 aromatic carbocycles. The van der Waals surface area contributed by atoms with Crippen molar-refractivity contribution in [3.05, 3.63) is 53.9 Å². The lowest BCUT2D eigenvalue weighted by Crippen LogP contribution is -2.09. The number of rotatable bonds is 4. The van der Waals surface area contributed by atoms with Gasteiger partial charge in [0, 0.05) is 11.8 Å². The Kier molecular flexibility index (Phi) is 4.12. The van der Waals surface area contributed by atoms with E-state index < -0.39 is 17.7 Å². The van der Waals surface area contributed by atoms with E-state index in [0.29, 0.717) is 17.9 Å². The highest BCUT2D eigenvalue weighted by atomic mass is 19.4. The predicted molar refractivity (Wildman–Crippen MR) is 83.8 cm³/mol. The minimum absolute atomic E-state index is 0.0517. The molecule has 2 heterocycles. The van der Waals surface area contributed by atoms with Gasteiger partial charge in [0.2, 0.25) is 0 Å². The Morgan fingerprint density at radius 3 is 2.60 bits per heavy atom. The minimum Gasteiger partial charge on any atom is -0.493 e.